The van der Waals surface area contributed by atoms with Crippen molar-refractivity contribution in [2.24, 2.45) is 0 Å². The molecule has 0 aromatic heterocycles. The molecule has 1 atom stereocenters. The predicted octanol–water partition coefficient (Wildman–Crippen LogP) is 3.80. The van der Waals surface area contributed by atoms with Gasteiger partial charge in [-0.05, 0) is 25.6 Å². The highest BCUT2D eigenvalue weighted by Crippen LogP contribution is 2.24. The van der Waals surface area contributed by atoms with E-state index >= 15 is 0 Å². The van der Waals surface area contributed by atoms with Crippen LogP contribution >= 0.6 is 0 Å². The minimum Gasteiger partial charge on any atom is -0.491 e. The molecule has 7 heteroatoms. The number of benzene rings is 1. The quantitative estimate of drug-likeness (QED) is 0.532. The van der Waals surface area contributed by atoms with Gasteiger partial charge in [0.15, 0.2) is 6.23 Å². The number of amides is 1. The molecule has 2 rings (SSSR count). The van der Waals surface area contributed by atoms with E-state index < -0.39 is 12.3 Å². The number of piperazine rings is 1. The van der Waals surface area contributed by atoms with Crippen molar-refractivity contribution in [3.05, 3.63) is 24.3 Å². The predicted molar refractivity (Wildman–Crippen MR) is 116 cm³/mol. The van der Waals surface area contributed by atoms with Crippen molar-refractivity contribution in [3.8, 4) is 5.75 Å². The number of likely N-dealkylation sites (N-methyl/N-ethyl adjacent to an activating group) is 1. The van der Waals surface area contributed by atoms with Gasteiger partial charge in [0.25, 0.3) is 0 Å². The maximum absolute atomic E-state index is 12.5. The third kappa shape index (κ3) is 8.60. The summed E-state index contributed by atoms with van der Waals surface area (Å²) in [4.78, 5) is 16.9. The average molecular weight is 408 g/mol. The lowest BCUT2D eigenvalue weighted by atomic mass is 10.2. The zero-order chi connectivity index (χ0) is 20.9. The van der Waals surface area contributed by atoms with Gasteiger partial charge in [-0.25, -0.2) is 4.79 Å². The fourth-order valence-corrected chi connectivity index (χ4v) is 3.31. The molecule has 0 spiro atoms. The van der Waals surface area contributed by atoms with Gasteiger partial charge in [-0.2, -0.15) is 0 Å². The molecule has 1 unspecified atom stereocenters. The van der Waals surface area contributed by atoms with Gasteiger partial charge in [0.05, 0.1) is 18.9 Å². The first-order valence-corrected chi connectivity index (χ1v) is 10.7. The number of unbranched alkanes of at least 4 members (excludes halogenated alkanes) is 4. The fraction of sp³-hybridized carbons (Fsp3) is 0.682. The van der Waals surface area contributed by atoms with Crippen molar-refractivity contribution < 1.29 is 19.0 Å². The summed E-state index contributed by atoms with van der Waals surface area (Å²) in [6.45, 7) is 6.77. The molecule has 1 aliphatic heterocycles. The molecule has 29 heavy (non-hydrogen) atoms. The van der Waals surface area contributed by atoms with Crippen LogP contribution in [0.25, 0.3) is 0 Å². The van der Waals surface area contributed by atoms with Crippen LogP contribution in [-0.4, -0.2) is 75.7 Å². The highest BCUT2D eigenvalue weighted by molar-refractivity contribution is 5.86. The van der Waals surface area contributed by atoms with Gasteiger partial charge in [-0.3, -0.25) is 10.2 Å². The Balaban J connectivity index is 1.85. The third-order valence-corrected chi connectivity index (χ3v) is 5.13. The number of rotatable bonds is 12. The lowest BCUT2D eigenvalue weighted by Gasteiger charge is -2.36. The van der Waals surface area contributed by atoms with E-state index in [2.05, 4.69) is 29.1 Å². The molecule has 1 aliphatic rings. The smallest absolute Gasteiger partial charge is 0.413 e. The van der Waals surface area contributed by atoms with E-state index in [1.165, 1.54) is 19.3 Å². The molecule has 0 aliphatic carbocycles. The van der Waals surface area contributed by atoms with Gasteiger partial charge in [0, 0.05) is 33.3 Å². The molecule has 1 amide bonds. The van der Waals surface area contributed by atoms with Crippen LogP contribution in [0, 0.1) is 0 Å². The highest BCUT2D eigenvalue weighted by Gasteiger charge is 2.26. The van der Waals surface area contributed by atoms with Crippen molar-refractivity contribution in [1.29, 1.82) is 0 Å². The molecule has 0 radical (unpaired) electrons. The Labute approximate surface area is 175 Å². The number of hydrogen-bond donors (Lipinski definition) is 1. The first-order valence-electron chi connectivity index (χ1n) is 10.7. The van der Waals surface area contributed by atoms with E-state index in [1.807, 2.05) is 24.3 Å². The Bertz CT molecular complexity index is 591. The Kier molecular flexibility index (Phi) is 10.8. The number of methoxy groups -OCH3 is 1. The minimum absolute atomic E-state index is 0.340. The number of para-hydroxylation sites is 2. The lowest BCUT2D eigenvalue weighted by molar-refractivity contribution is -0.0658. The molecule has 1 aromatic carbocycles. The van der Waals surface area contributed by atoms with E-state index in [9.17, 15) is 4.79 Å². The van der Waals surface area contributed by atoms with Crippen LogP contribution in [0.4, 0.5) is 10.5 Å². The Morgan fingerprint density at radius 3 is 2.55 bits per heavy atom. The van der Waals surface area contributed by atoms with Gasteiger partial charge < -0.3 is 19.1 Å². The second kappa shape index (κ2) is 13.4. The number of nitrogens with zero attached hydrogens (tertiary/aromatic N) is 2. The summed E-state index contributed by atoms with van der Waals surface area (Å²) in [6.07, 6.45) is 5.01. The molecular weight excluding hydrogens is 370 g/mol. The van der Waals surface area contributed by atoms with Crippen LogP contribution in [0.3, 0.4) is 0 Å². The van der Waals surface area contributed by atoms with Crippen LogP contribution in [0.1, 0.15) is 39.0 Å². The Hall–Kier alpha value is -1.83. The van der Waals surface area contributed by atoms with Gasteiger partial charge in [-0.15, -0.1) is 0 Å². The topological polar surface area (TPSA) is 63.3 Å². The number of anilines is 1. The van der Waals surface area contributed by atoms with Gasteiger partial charge in [-0.1, -0.05) is 44.7 Å². The second-order valence-electron chi connectivity index (χ2n) is 7.54. The molecule has 1 heterocycles. The van der Waals surface area contributed by atoms with Gasteiger partial charge >= 0.3 is 6.09 Å². The number of nitrogens with one attached hydrogen (secondary N) is 1. The first-order chi connectivity index (χ1) is 14.1. The van der Waals surface area contributed by atoms with Gasteiger partial charge in [0.1, 0.15) is 5.75 Å². The summed E-state index contributed by atoms with van der Waals surface area (Å²) < 4.78 is 16.8. The summed E-state index contributed by atoms with van der Waals surface area (Å²) in [7, 11) is 3.71. The van der Waals surface area contributed by atoms with Gasteiger partial charge in [0.2, 0.25) is 0 Å². The van der Waals surface area contributed by atoms with Crippen LogP contribution in [0.2, 0.25) is 0 Å². The third-order valence-electron chi connectivity index (χ3n) is 5.13. The Morgan fingerprint density at radius 2 is 1.83 bits per heavy atom. The summed E-state index contributed by atoms with van der Waals surface area (Å²) in [5, 5.41) is 2.83. The molecule has 7 nitrogen and oxygen atoms in total. The van der Waals surface area contributed by atoms with Crippen LogP contribution in [0.5, 0.6) is 5.75 Å². The molecular formula is C22H37N3O4. The fourth-order valence-electron chi connectivity index (χ4n) is 3.31. The summed E-state index contributed by atoms with van der Waals surface area (Å²) in [5.74, 6) is 0.669. The highest BCUT2D eigenvalue weighted by atomic mass is 16.6. The molecule has 164 valence electrons. The lowest BCUT2D eigenvalue weighted by Crippen LogP contribution is -2.52. The largest absolute Gasteiger partial charge is 0.491 e. The van der Waals surface area contributed by atoms with E-state index in [1.54, 1.807) is 7.11 Å². The molecule has 1 N–H and O–H groups in total. The number of carbonyl (C=O) groups excluding carboxylic acids is 1. The zero-order valence-electron chi connectivity index (χ0n) is 18.2. The molecule has 1 fully saturated rings. The van der Waals surface area contributed by atoms with Crippen LogP contribution in [0.15, 0.2) is 24.3 Å². The molecule has 0 bridgehead atoms. The zero-order valence-corrected chi connectivity index (χ0v) is 18.2. The van der Waals surface area contributed by atoms with Crippen LogP contribution in [-0.2, 0) is 9.47 Å². The maximum Gasteiger partial charge on any atom is 0.413 e. The summed E-state index contributed by atoms with van der Waals surface area (Å²) in [5.41, 5.74) is 0.626. The van der Waals surface area contributed by atoms with Crippen molar-refractivity contribution in [3.63, 3.8) is 0 Å². The molecule has 1 aromatic rings. The van der Waals surface area contributed by atoms with Crippen molar-refractivity contribution in [2.75, 3.05) is 58.9 Å². The SMILES string of the molecule is CCCCCCCOc1ccccc1NC(=O)OC(COC)N1CCN(C)CC1. The van der Waals surface area contributed by atoms with E-state index in [-0.39, 0.29) is 0 Å². The number of ether oxygens (including phenoxy) is 3. The van der Waals surface area contributed by atoms with E-state index in [0.29, 0.717) is 24.7 Å². The summed E-state index contributed by atoms with van der Waals surface area (Å²) in [6, 6.07) is 7.47. The number of hydrogen-bond acceptors (Lipinski definition) is 6. The first kappa shape index (κ1) is 23.4. The standard InChI is InChI=1S/C22H37N3O4/c1-4-5-6-7-10-17-28-20-12-9-8-11-19(20)23-22(26)29-21(18-27-3)25-15-13-24(2)14-16-25/h8-9,11-12,21H,4-7,10,13-18H2,1-3H3,(H,23,26). The second-order valence-corrected chi connectivity index (χ2v) is 7.54. The molecule has 0 saturated carbocycles. The van der Waals surface area contributed by atoms with E-state index in [0.717, 1.165) is 39.0 Å². The van der Waals surface area contributed by atoms with Crippen molar-refractivity contribution in [2.45, 2.75) is 45.3 Å². The maximum atomic E-state index is 12.5. The van der Waals surface area contributed by atoms with E-state index in [4.69, 9.17) is 14.2 Å². The number of carbonyl (C=O) groups is 1. The average Bonchev–Trinajstić information content (AvgIpc) is 2.72. The van der Waals surface area contributed by atoms with Crippen molar-refractivity contribution >= 4 is 11.8 Å². The Morgan fingerprint density at radius 1 is 1.10 bits per heavy atom. The summed E-state index contributed by atoms with van der Waals surface area (Å²) >= 11 is 0. The van der Waals surface area contributed by atoms with Crippen LogP contribution < -0.4 is 10.1 Å². The minimum atomic E-state index is -0.495. The molecule has 1 saturated heterocycles. The normalized spacial score (nSPS) is 16.4. The monoisotopic (exact) mass is 407 g/mol. The van der Waals surface area contributed by atoms with Crippen molar-refractivity contribution in [1.82, 2.24) is 9.80 Å².